The van der Waals surface area contributed by atoms with Crippen molar-refractivity contribution in [3.63, 3.8) is 0 Å². The molecule has 0 aromatic heterocycles. The second kappa shape index (κ2) is 71.8. The van der Waals surface area contributed by atoms with Crippen LogP contribution in [0.25, 0.3) is 0 Å². The maximum Gasteiger partial charge on any atom is 0.220 e. The Morgan fingerprint density at radius 1 is 0.330 bits per heavy atom. The van der Waals surface area contributed by atoms with Gasteiger partial charge < -0.3 is 89.9 Å². The Hall–Kier alpha value is -3.29. The van der Waals surface area contributed by atoms with E-state index in [2.05, 4.69) is 104 Å². The Bertz CT molecular complexity index is 2400. The average molecular weight is 1590 g/mol. The minimum absolute atomic E-state index is 0.232. The summed E-state index contributed by atoms with van der Waals surface area (Å²) in [5.74, 6) is -0.285. The van der Waals surface area contributed by atoms with Gasteiger partial charge in [-0.3, -0.25) is 4.79 Å². The molecule has 0 spiro atoms. The zero-order chi connectivity index (χ0) is 81.0. The lowest BCUT2D eigenvalue weighted by atomic mass is 9.96. The zero-order valence-electron chi connectivity index (χ0n) is 70.1. The van der Waals surface area contributed by atoms with Crippen molar-refractivity contribution in [2.45, 2.75) is 458 Å². The fourth-order valence-electron chi connectivity index (χ4n) is 14.9. The smallest absolute Gasteiger partial charge is 0.220 e. The molecule has 3 heterocycles. The molecule has 0 saturated carbocycles. The molecule has 650 valence electrons. The number of hydrogen-bond acceptors (Lipinski definition) is 18. The van der Waals surface area contributed by atoms with Gasteiger partial charge in [0.2, 0.25) is 5.91 Å². The number of aliphatic hydroxyl groups excluding tert-OH is 11. The molecular weight excluding hydrogens is 1420 g/mol. The molecule has 3 aliphatic rings. The maximum absolute atomic E-state index is 13.5. The van der Waals surface area contributed by atoms with Crippen LogP contribution in [0.15, 0.2) is 97.2 Å². The Morgan fingerprint density at radius 2 is 0.625 bits per heavy atom. The van der Waals surface area contributed by atoms with Crippen molar-refractivity contribution in [2.24, 2.45) is 0 Å². The molecule has 3 saturated heterocycles. The van der Waals surface area contributed by atoms with E-state index in [9.17, 15) is 61.0 Å². The molecule has 112 heavy (non-hydrogen) atoms. The lowest BCUT2D eigenvalue weighted by Crippen LogP contribution is -2.66. The van der Waals surface area contributed by atoms with Crippen molar-refractivity contribution in [2.75, 3.05) is 26.4 Å². The van der Waals surface area contributed by atoms with Crippen molar-refractivity contribution >= 4 is 5.91 Å². The minimum Gasteiger partial charge on any atom is -0.394 e. The molecule has 3 rings (SSSR count). The number of carbonyl (C=O) groups excluding carboxylic acids is 1. The topological polar surface area (TPSA) is 307 Å². The van der Waals surface area contributed by atoms with Crippen LogP contribution in [-0.2, 0) is 33.2 Å². The fourth-order valence-corrected chi connectivity index (χ4v) is 14.9. The van der Waals surface area contributed by atoms with Crippen molar-refractivity contribution in [3.05, 3.63) is 97.2 Å². The van der Waals surface area contributed by atoms with Crippen molar-refractivity contribution in [1.29, 1.82) is 0 Å². The summed E-state index contributed by atoms with van der Waals surface area (Å²) in [6, 6.07) is -1.00. The quantitative estimate of drug-likeness (QED) is 0.0199. The number of carbonyl (C=O) groups is 1. The van der Waals surface area contributed by atoms with Crippen LogP contribution < -0.4 is 5.32 Å². The number of hydrogen-bond donors (Lipinski definition) is 12. The van der Waals surface area contributed by atoms with E-state index in [1.165, 1.54) is 244 Å². The van der Waals surface area contributed by atoms with E-state index >= 15 is 0 Å². The van der Waals surface area contributed by atoms with E-state index in [4.69, 9.17) is 28.4 Å². The Balaban J connectivity index is 1.32. The SMILES string of the molecule is CC/C=C\C/C=C\C/C=C\C/C=C\C/C=C\CCCCCCCCCCCCCCCCCCCCCCCCCC(=O)NC(COC1OC(CO)C(OC2OC(CO)C(OC3OC(CO)C(O)C(O)C3O)C(O)C2O)C(O)C1O)C(O)/C=C/CC/C=C/CC/C=C/CCCCCCCCCCCCCCCCCCCC. The van der Waals surface area contributed by atoms with Gasteiger partial charge >= 0.3 is 0 Å². The van der Waals surface area contributed by atoms with Crippen LogP contribution in [-0.4, -0.2) is 193 Å². The summed E-state index contributed by atoms with van der Waals surface area (Å²) < 4.78 is 34.5. The fraction of sp³-hybridized carbons (Fsp3) is 0.817. The number of nitrogens with one attached hydrogen (secondary N) is 1. The lowest BCUT2D eigenvalue weighted by Gasteiger charge is -2.48. The summed E-state index contributed by atoms with van der Waals surface area (Å²) in [5.41, 5.74) is 0. The Kier molecular flexibility index (Phi) is 66.0. The van der Waals surface area contributed by atoms with Gasteiger partial charge in [-0.2, -0.15) is 0 Å². The second-order valence-corrected chi connectivity index (χ2v) is 32.0. The van der Waals surface area contributed by atoms with Crippen LogP contribution in [0.2, 0.25) is 0 Å². The van der Waals surface area contributed by atoms with Crippen LogP contribution in [0.1, 0.15) is 354 Å². The highest BCUT2D eigenvalue weighted by molar-refractivity contribution is 5.76. The van der Waals surface area contributed by atoms with Gasteiger partial charge in [-0.1, -0.05) is 355 Å². The van der Waals surface area contributed by atoms with Gasteiger partial charge in [-0.25, -0.2) is 0 Å². The third-order valence-corrected chi connectivity index (χ3v) is 22.1. The third kappa shape index (κ3) is 49.8. The van der Waals surface area contributed by atoms with Gasteiger partial charge in [0.05, 0.1) is 38.6 Å². The summed E-state index contributed by atoms with van der Waals surface area (Å²) in [5, 5.41) is 121. The highest BCUT2D eigenvalue weighted by Gasteiger charge is 2.54. The molecule has 12 N–H and O–H groups in total. The molecule has 0 radical (unpaired) electrons. The molecule has 0 bridgehead atoms. The van der Waals surface area contributed by atoms with Gasteiger partial charge in [0.1, 0.15) is 73.2 Å². The van der Waals surface area contributed by atoms with Crippen LogP contribution in [0.4, 0.5) is 0 Å². The van der Waals surface area contributed by atoms with Crippen LogP contribution in [0.3, 0.4) is 0 Å². The standard InChI is InChI=1S/C93H165NO18/c1-3-5-7-9-11-13-15-17-19-21-23-25-27-29-31-33-34-35-36-37-38-39-40-41-42-43-45-47-49-51-53-55-57-59-61-63-65-67-69-71-81(99)94-76(77(98)70-68-66-64-62-60-58-56-54-52-50-48-46-44-32-30-28-26-24-22-20-18-16-14-12-10-8-6-4-2)75-107-91-87(105)84(102)89(79(73-96)109-91)112-93-88(106)85(103)90(80(74-97)110-93)111-92-86(104)83(101)82(100)78(72-95)108-92/h5,7,11,13,17,19,23,25,29,31,52,54,60,62,68,70,76-80,82-93,95-98,100-106H,3-4,6,8-10,12,14-16,18,20-22,24,26-28,30,32-51,53,55-59,61,63-67,69,71-75H2,1-2H3,(H,94,99)/b7-5-,13-11-,19-17-,25-23-,31-29-,54-52+,62-60+,70-68+. The van der Waals surface area contributed by atoms with Gasteiger partial charge in [0.15, 0.2) is 18.9 Å². The third-order valence-electron chi connectivity index (χ3n) is 22.1. The van der Waals surface area contributed by atoms with Crippen LogP contribution in [0, 0.1) is 0 Å². The Labute approximate surface area is 679 Å². The lowest BCUT2D eigenvalue weighted by molar-refractivity contribution is -0.379. The van der Waals surface area contributed by atoms with Crippen molar-refractivity contribution < 1.29 is 89.4 Å². The molecule has 19 heteroatoms. The highest BCUT2D eigenvalue weighted by atomic mass is 16.8. The molecule has 3 fully saturated rings. The van der Waals surface area contributed by atoms with Crippen LogP contribution >= 0.6 is 0 Å². The number of ether oxygens (including phenoxy) is 6. The number of amides is 1. The molecule has 0 aromatic carbocycles. The summed E-state index contributed by atoms with van der Waals surface area (Å²) in [6.07, 6.45) is 72.8. The van der Waals surface area contributed by atoms with Crippen LogP contribution in [0.5, 0.6) is 0 Å². The number of allylic oxidation sites excluding steroid dienone is 15. The first-order chi connectivity index (χ1) is 54.8. The van der Waals surface area contributed by atoms with Crippen molar-refractivity contribution in [1.82, 2.24) is 5.32 Å². The van der Waals surface area contributed by atoms with Gasteiger partial charge in [0.25, 0.3) is 0 Å². The number of unbranched alkanes of at least 4 members (excludes halogenated alkanes) is 43. The summed E-state index contributed by atoms with van der Waals surface area (Å²) in [4.78, 5) is 13.5. The first-order valence-corrected chi connectivity index (χ1v) is 45.5. The molecule has 1 amide bonds. The Morgan fingerprint density at radius 3 is 1.00 bits per heavy atom. The predicted molar refractivity (Wildman–Crippen MR) is 452 cm³/mol. The summed E-state index contributed by atoms with van der Waals surface area (Å²) in [7, 11) is 0. The molecule has 17 unspecified atom stereocenters. The molecule has 3 aliphatic heterocycles. The average Bonchev–Trinajstić information content (AvgIpc) is 0.780. The van der Waals surface area contributed by atoms with Gasteiger partial charge in [0, 0.05) is 6.42 Å². The molecule has 19 nitrogen and oxygen atoms in total. The molecular formula is C93H165NO18. The predicted octanol–water partition coefficient (Wildman–Crippen LogP) is 17.5. The highest BCUT2D eigenvalue weighted by Crippen LogP contribution is 2.33. The maximum atomic E-state index is 13.5. The van der Waals surface area contributed by atoms with E-state index in [0.717, 1.165) is 77.0 Å². The first-order valence-electron chi connectivity index (χ1n) is 45.5. The molecule has 0 aromatic rings. The minimum atomic E-state index is -1.99. The van der Waals surface area contributed by atoms with E-state index in [1.54, 1.807) is 6.08 Å². The second-order valence-electron chi connectivity index (χ2n) is 32.0. The van der Waals surface area contributed by atoms with E-state index in [1.807, 2.05) is 6.08 Å². The first kappa shape index (κ1) is 103. The van der Waals surface area contributed by atoms with Gasteiger partial charge in [-0.15, -0.1) is 0 Å². The van der Waals surface area contributed by atoms with Crippen molar-refractivity contribution in [3.8, 4) is 0 Å². The monoisotopic (exact) mass is 1580 g/mol. The van der Waals surface area contributed by atoms with E-state index < -0.39 is 124 Å². The largest absolute Gasteiger partial charge is 0.394 e. The zero-order valence-corrected chi connectivity index (χ0v) is 70.1. The normalized spacial score (nSPS) is 25.4. The molecule has 0 aliphatic carbocycles. The van der Waals surface area contributed by atoms with E-state index in [0.29, 0.717) is 12.8 Å². The van der Waals surface area contributed by atoms with E-state index in [-0.39, 0.29) is 18.9 Å². The number of rotatable bonds is 73. The molecule has 17 atom stereocenters. The number of aliphatic hydroxyl groups is 11. The van der Waals surface area contributed by atoms with Gasteiger partial charge in [-0.05, 0) is 89.9 Å². The summed E-state index contributed by atoms with van der Waals surface area (Å²) in [6.45, 7) is 1.64. The summed E-state index contributed by atoms with van der Waals surface area (Å²) >= 11 is 0.